The molecule has 2 aromatic carbocycles. The van der Waals surface area contributed by atoms with Gasteiger partial charge >= 0.3 is 5.97 Å². The number of aliphatic carboxylic acids is 1. The van der Waals surface area contributed by atoms with Gasteiger partial charge in [-0.3, -0.25) is 4.79 Å². The summed E-state index contributed by atoms with van der Waals surface area (Å²) in [6.07, 6.45) is 0. The van der Waals surface area contributed by atoms with Crippen LogP contribution in [0.15, 0.2) is 53.0 Å². The second kappa shape index (κ2) is 5.33. The highest BCUT2D eigenvalue weighted by Gasteiger charge is 2.37. The van der Waals surface area contributed by atoms with E-state index in [4.69, 9.17) is 0 Å². The normalized spacial score (nSPS) is 14.9. The van der Waals surface area contributed by atoms with Gasteiger partial charge in [-0.2, -0.15) is 0 Å². The number of hydrogen-bond donors (Lipinski definition) is 1. The van der Waals surface area contributed by atoms with Crippen LogP contribution in [0.1, 0.15) is 27.5 Å². The van der Waals surface area contributed by atoms with Crippen LogP contribution in [0.3, 0.4) is 0 Å². The summed E-state index contributed by atoms with van der Waals surface area (Å²) < 4.78 is 0.877. The zero-order valence-electron chi connectivity index (χ0n) is 11.0. The summed E-state index contributed by atoms with van der Waals surface area (Å²) in [5.74, 6) is -1.27. The van der Waals surface area contributed by atoms with Gasteiger partial charge < -0.3 is 10.0 Å². The first-order chi connectivity index (χ1) is 10.1. The van der Waals surface area contributed by atoms with E-state index in [0.29, 0.717) is 17.7 Å². The van der Waals surface area contributed by atoms with Crippen molar-refractivity contribution in [3.8, 4) is 0 Å². The molecule has 1 heterocycles. The molecule has 1 unspecified atom stereocenters. The Hall–Kier alpha value is -2.14. The van der Waals surface area contributed by atoms with Crippen LogP contribution in [0.4, 0.5) is 0 Å². The number of carboxylic acid groups (broad SMARTS) is 1. The summed E-state index contributed by atoms with van der Waals surface area (Å²) in [7, 11) is 0. The van der Waals surface area contributed by atoms with Crippen LogP contribution in [-0.4, -0.2) is 21.9 Å². The van der Waals surface area contributed by atoms with Gasteiger partial charge in [-0.05, 0) is 29.3 Å². The molecular formula is C16H12BrNO3. The Morgan fingerprint density at radius 1 is 1.19 bits per heavy atom. The van der Waals surface area contributed by atoms with E-state index in [1.807, 2.05) is 12.1 Å². The maximum absolute atomic E-state index is 12.5. The lowest BCUT2D eigenvalue weighted by molar-refractivity contribution is -0.142. The van der Waals surface area contributed by atoms with Crippen LogP contribution in [0, 0.1) is 0 Å². The van der Waals surface area contributed by atoms with Crippen molar-refractivity contribution in [2.75, 3.05) is 0 Å². The van der Waals surface area contributed by atoms with Gasteiger partial charge in [0.1, 0.15) is 0 Å². The molecule has 4 nitrogen and oxygen atoms in total. The zero-order chi connectivity index (χ0) is 15.0. The number of halogens is 1. The monoisotopic (exact) mass is 345 g/mol. The van der Waals surface area contributed by atoms with Crippen molar-refractivity contribution in [2.24, 2.45) is 0 Å². The van der Waals surface area contributed by atoms with E-state index in [1.165, 1.54) is 4.90 Å². The molecule has 1 amide bonds. The largest absolute Gasteiger partial charge is 0.479 e. The molecule has 0 aromatic heterocycles. The van der Waals surface area contributed by atoms with Crippen molar-refractivity contribution in [3.63, 3.8) is 0 Å². The van der Waals surface area contributed by atoms with Gasteiger partial charge in [0.25, 0.3) is 5.91 Å². The predicted octanol–water partition coefficient (Wildman–Crippen LogP) is 3.23. The maximum Gasteiger partial charge on any atom is 0.331 e. The van der Waals surface area contributed by atoms with Crippen LogP contribution in [0.25, 0.3) is 0 Å². The molecule has 1 aliphatic rings. The number of carbonyl (C=O) groups excluding carboxylic acids is 1. The number of carbonyl (C=O) groups is 2. The molecule has 1 aliphatic heterocycles. The Morgan fingerprint density at radius 3 is 2.57 bits per heavy atom. The van der Waals surface area contributed by atoms with Crippen LogP contribution in [0.5, 0.6) is 0 Å². The molecule has 0 saturated carbocycles. The first-order valence-corrected chi connectivity index (χ1v) is 7.24. The number of nitrogens with zero attached hydrogens (tertiary/aromatic N) is 1. The van der Waals surface area contributed by atoms with Gasteiger partial charge in [0.05, 0.1) is 0 Å². The highest BCUT2D eigenvalue weighted by molar-refractivity contribution is 9.10. The number of fused-ring (bicyclic) bond motifs is 1. The SMILES string of the molecule is O=C(O)C(c1ccccc1)N1Cc2cc(Br)ccc2C1=O. The van der Waals surface area contributed by atoms with Crippen molar-refractivity contribution < 1.29 is 14.7 Å². The summed E-state index contributed by atoms with van der Waals surface area (Å²) in [5, 5.41) is 9.54. The molecule has 1 atom stereocenters. The van der Waals surface area contributed by atoms with E-state index in [9.17, 15) is 14.7 Å². The first kappa shape index (κ1) is 13.8. The van der Waals surface area contributed by atoms with Crippen molar-refractivity contribution in [3.05, 3.63) is 69.7 Å². The summed E-state index contributed by atoms with van der Waals surface area (Å²) in [6, 6.07) is 13.2. The minimum Gasteiger partial charge on any atom is -0.479 e. The van der Waals surface area contributed by atoms with Crippen molar-refractivity contribution in [1.29, 1.82) is 0 Å². The zero-order valence-corrected chi connectivity index (χ0v) is 12.6. The fourth-order valence-corrected chi connectivity index (χ4v) is 3.02. The Kier molecular flexibility index (Phi) is 3.51. The predicted molar refractivity (Wildman–Crippen MR) is 80.8 cm³/mol. The van der Waals surface area contributed by atoms with E-state index in [0.717, 1.165) is 10.0 Å². The molecule has 0 fully saturated rings. The molecule has 0 radical (unpaired) electrons. The second-order valence-corrected chi connectivity index (χ2v) is 5.80. The van der Waals surface area contributed by atoms with Gasteiger partial charge in [-0.1, -0.05) is 46.3 Å². The molecule has 3 rings (SSSR count). The van der Waals surface area contributed by atoms with Crippen molar-refractivity contribution in [1.82, 2.24) is 4.90 Å². The average Bonchev–Trinajstić information content (AvgIpc) is 2.76. The van der Waals surface area contributed by atoms with Crippen molar-refractivity contribution >= 4 is 27.8 Å². The molecule has 21 heavy (non-hydrogen) atoms. The quantitative estimate of drug-likeness (QED) is 0.928. The maximum atomic E-state index is 12.5. The molecule has 1 N–H and O–H groups in total. The fourth-order valence-electron chi connectivity index (χ4n) is 2.61. The van der Waals surface area contributed by atoms with Crippen LogP contribution in [0.2, 0.25) is 0 Å². The Bertz CT molecular complexity index is 715. The van der Waals surface area contributed by atoms with E-state index >= 15 is 0 Å². The number of amides is 1. The topological polar surface area (TPSA) is 57.6 Å². The molecular weight excluding hydrogens is 334 g/mol. The highest BCUT2D eigenvalue weighted by Crippen LogP contribution is 2.32. The van der Waals surface area contributed by atoms with Crippen LogP contribution >= 0.6 is 15.9 Å². The summed E-state index contributed by atoms with van der Waals surface area (Å²) in [6.45, 7) is 0.305. The molecule has 0 spiro atoms. The Balaban J connectivity index is 2.00. The van der Waals surface area contributed by atoms with Crippen LogP contribution < -0.4 is 0 Å². The van der Waals surface area contributed by atoms with E-state index in [1.54, 1.807) is 36.4 Å². The molecule has 0 bridgehead atoms. The van der Waals surface area contributed by atoms with Gasteiger partial charge in [0.2, 0.25) is 0 Å². The highest BCUT2D eigenvalue weighted by atomic mass is 79.9. The van der Waals surface area contributed by atoms with Crippen molar-refractivity contribution in [2.45, 2.75) is 12.6 Å². The van der Waals surface area contributed by atoms with Gasteiger partial charge in [-0.25, -0.2) is 4.79 Å². The lowest BCUT2D eigenvalue weighted by Crippen LogP contribution is -2.34. The number of benzene rings is 2. The second-order valence-electron chi connectivity index (χ2n) is 4.89. The van der Waals surface area contributed by atoms with Crippen LogP contribution in [-0.2, 0) is 11.3 Å². The Labute approximate surface area is 130 Å². The summed E-state index contributed by atoms with van der Waals surface area (Å²) in [4.78, 5) is 25.5. The van der Waals surface area contributed by atoms with E-state index in [2.05, 4.69) is 15.9 Å². The lowest BCUT2D eigenvalue weighted by atomic mass is 10.1. The number of rotatable bonds is 3. The minimum atomic E-state index is -1.03. The van der Waals surface area contributed by atoms with Gasteiger partial charge in [0.15, 0.2) is 6.04 Å². The lowest BCUT2D eigenvalue weighted by Gasteiger charge is -2.24. The first-order valence-electron chi connectivity index (χ1n) is 6.45. The molecule has 0 aliphatic carbocycles. The molecule has 0 saturated heterocycles. The van der Waals surface area contributed by atoms with Gasteiger partial charge in [-0.15, -0.1) is 0 Å². The molecule has 106 valence electrons. The Morgan fingerprint density at radius 2 is 1.90 bits per heavy atom. The number of hydrogen-bond acceptors (Lipinski definition) is 2. The average molecular weight is 346 g/mol. The molecule has 2 aromatic rings. The minimum absolute atomic E-state index is 0.242. The third kappa shape index (κ3) is 2.45. The van der Waals surface area contributed by atoms with E-state index < -0.39 is 12.0 Å². The summed E-state index contributed by atoms with van der Waals surface area (Å²) in [5.41, 5.74) is 2.02. The van der Waals surface area contributed by atoms with E-state index in [-0.39, 0.29) is 5.91 Å². The summed E-state index contributed by atoms with van der Waals surface area (Å²) >= 11 is 3.37. The smallest absolute Gasteiger partial charge is 0.331 e. The number of carboxylic acids is 1. The standard InChI is InChI=1S/C16H12BrNO3/c17-12-6-7-13-11(8-12)9-18(15(13)19)14(16(20)21)10-4-2-1-3-5-10/h1-8,14H,9H2,(H,20,21). The molecule has 5 heteroatoms. The fraction of sp³-hybridized carbons (Fsp3) is 0.125. The third-order valence-electron chi connectivity index (χ3n) is 3.56. The van der Waals surface area contributed by atoms with Gasteiger partial charge in [0, 0.05) is 16.6 Å². The third-order valence-corrected chi connectivity index (χ3v) is 4.05.